The van der Waals surface area contributed by atoms with Crippen molar-refractivity contribution in [2.24, 2.45) is 5.41 Å². The van der Waals surface area contributed by atoms with Crippen LogP contribution in [0.15, 0.2) is 0 Å². The van der Waals surface area contributed by atoms with Crippen molar-refractivity contribution in [2.75, 3.05) is 18.1 Å². The molecular formula is C15H27NO2S. The summed E-state index contributed by atoms with van der Waals surface area (Å²) >= 11 is 1.88. The Balaban J connectivity index is 2.22. The first-order valence-corrected chi connectivity index (χ1v) is 8.70. The van der Waals surface area contributed by atoms with Gasteiger partial charge in [-0.2, -0.15) is 11.8 Å². The average molecular weight is 285 g/mol. The van der Waals surface area contributed by atoms with Gasteiger partial charge >= 0.3 is 5.97 Å². The highest BCUT2D eigenvalue weighted by Gasteiger charge is 2.54. The first-order chi connectivity index (χ1) is 9.02. The van der Waals surface area contributed by atoms with Crippen LogP contribution in [0.4, 0.5) is 0 Å². The van der Waals surface area contributed by atoms with Crippen LogP contribution in [0.1, 0.15) is 52.9 Å². The summed E-state index contributed by atoms with van der Waals surface area (Å²) < 4.78 is 5.42. The zero-order chi connectivity index (χ0) is 13.9. The summed E-state index contributed by atoms with van der Waals surface area (Å²) in [7, 11) is 0. The molecule has 0 aromatic rings. The molecule has 3 nitrogen and oxygen atoms in total. The maximum Gasteiger partial charge on any atom is 0.327 e. The van der Waals surface area contributed by atoms with Crippen molar-refractivity contribution < 1.29 is 9.53 Å². The van der Waals surface area contributed by atoms with E-state index in [-0.39, 0.29) is 11.4 Å². The van der Waals surface area contributed by atoms with Crippen molar-refractivity contribution in [3.05, 3.63) is 0 Å². The van der Waals surface area contributed by atoms with E-state index in [2.05, 4.69) is 19.2 Å². The molecule has 110 valence electrons. The molecule has 1 heterocycles. The molecular weight excluding hydrogens is 258 g/mol. The molecule has 0 bridgehead atoms. The van der Waals surface area contributed by atoms with Crippen molar-refractivity contribution in [3.63, 3.8) is 0 Å². The predicted octanol–water partition coefficient (Wildman–Crippen LogP) is 2.98. The first-order valence-electron chi connectivity index (χ1n) is 7.54. The highest BCUT2D eigenvalue weighted by Crippen LogP contribution is 2.44. The van der Waals surface area contributed by atoms with Gasteiger partial charge < -0.3 is 4.74 Å². The first kappa shape index (κ1) is 15.2. The van der Waals surface area contributed by atoms with Crippen LogP contribution in [-0.2, 0) is 9.53 Å². The molecule has 1 atom stereocenters. The Morgan fingerprint density at radius 2 is 2.05 bits per heavy atom. The smallest absolute Gasteiger partial charge is 0.327 e. The van der Waals surface area contributed by atoms with Crippen molar-refractivity contribution in [1.29, 1.82) is 0 Å². The summed E-state index contributed by atoms with van der Waals surface area (Å²) in [6.07, 6.45) is 6.02. The third-order valence-electron chi connectivity index (χ3n) is 4.77. The van der Waals surface area contributed by atoms with Crippen LogP contribution in [0, 0.1) is 5.41 Å². The van der Waals surface area contributed by atoms with E-state index in [0.29, 0.717) is 12.6 Å². The van der Waals surface area contributed by atoms with Crippen molar-refractivity contribution >= 4 is 17.7 Å². The second-order valence-electron chi connectivity index (χ2n) is 6.44. The van der Waals surface area contributed by atoms with Gasteiger partial charge in [0.25, 0.3) is 0 Å². The molecule has 1 unspecified atom stereocenters. The topological polar surface area (TPSA) is 38.3 Å². The second kappa shape index (κ2) is 6.04. The third kappa shape index (κ3) is 2.94. The van der Waals surface area contributed by atoms with Crippen molar-refractivity contribution in [1.82, 2.24) is 5.32 Å². The number of hydrogen-bond donors (Lipinski definition) is 1. The molecule has 1 aliphatic heterocycles. The van der Waals surface area contributed by atoms with E-state index in [0.717, 1.165) is 17.9 Å². The highest BCUT2D eigenvalue weighted by atomic mass is 32.2. The minimum absolute atomic E-state index is 0.0346. The summed E-state index contributed by atoms with van der Waals surface area (Å²) in [6.45, 7) is 6.79. The summed E-state index contributed by atoms with van der Waals surface area (Å²) in [6, 6.07) is 0.488. The van der Waals surface area contributed by atoms with E-state index in [1.165, 1.54) is 25.7 Å². The Hall–Kier alpha value is -0.220. The van der Waals surface area contributed by atoms with Gasteiger partial charge in [-0.25, -0.2) is 4.79 Å². The maximum atomic E-state index is 12.6. The van der Waals surface area contributed by atoms with Gasteiger partial charge in [-0.05, 0) is 37.4 Å². The molecule has 0 radical (unpaired) electrons. The summed E-state index contributed by atoms with van der Waals surface area (Å²) in [5.41, 5.74) is -0.534. The lowest BCUT2D eigenvalue weighted by Crippen LogP contribution is -2.67. The lowest BCUT2D eigenvalue weighted by atomic mass is 9.70. The van der Waals surface area contributed by atoms with Gasteiger partial charge in [0.1, 0.15) is 5.54 Å². The Morgan fingerprint density at radius 1 is 1.37 bits per heavy atom. The Bertz CT molecular complexity index is 326. The molecule has 0 aromatic carbocycles. The van der Waals surface area contributed by atoms with Gasteiger partial charge in [-0.3, -0.25) is 5.32 Å². The Labute approximate surface area is 121 Å². The van der Waals surface area contributed by atoms with Crippen LogP contribution in [0.3, 0.4) is 0 Å². The maximum absolute atomic E-state index is 12.6. The van der Waals surface area contributed by atoms with Crippen LogP contribution >= 0.6 is 11.8 Å². The quantitative estimate of drug-likeness (QED) is 0.806. The molecule has 19 heavy (non-hydrogen) atoms. The van der Waals surface area contributed by atoms with Crippen LogP contribution in [0.25, 0.3) is 0 Å². The van der Waals surface area contributed by atoms with Gasteiger partial charge in [0.2, 0.25) is 0 Å². The predicted molar refractivity (Wildman–Crippen MR) is 80.5 cm³/mol. The highest BCUT2D eigenvalue weighted by molar-refractivity contribution is 7.99. The molecule has 0 spiro atoms. The minimum atomic E-state index is -0.499. The number of esters is 1. The molecule has 2 aliphatic rings. The fourth-order valence-corrected chi connectivity index (χ4v) is 4.96. The Morgan fingerprint density at radius 3 is 2.63 bits per heavy atom. The molecule has 1 saturated heterocycles. The van der Waals surface area contributed by atoms with Crippen LogP contribution in [-0.4, -0.2) is 35.7 Å². The van der Waals surface area contributed by atoms with E-state index >= 15 is 0 Å². The van der Waals surface area contributed by atoms with E-state index in [1.54, 1.807) is 0 Å². The number of carbonyl (C=O) groups is 1. The van der Waals surface area contributed by atoms with Gasteiger partial charge in [-0.1, -0.05) is 26.7 Å². The van der Waals surface area contributed by atoms with Crippen LogP contribution in [0.2, 0.25) is 0 Å². The number of carbonyl (C=O) groups excluding carboxylic acids is 1. The standard InChI is InChI=1S/C15H27NO2S/c1-4-18-13(17)15(16-12-7-5-6-8-12)11-19-10-9-14(15,2)3/h12,16H,4-11H2,1-3H3. The van der Waals surface area contributed by atoms with Gasteiger partial charge in [0, 0.05) is 11.8 Å². The number of ether oxygens (including phenoxy) is 1. The monoisotopic (exact) mass is 285 g/mol. The molecule has 0 amide bonds. The number of rotatable bonds is 4. The molecule has 0 aromatic heterocycles. The number of nitrogens with one attached hydrogen (secondary N) is 1. The average Bonchev–Trinajstić information content (AvgIpc) is 2.85. The normalized spacial score (nSPS) is 31.3. The van der Waals surface area contributed by atoms with Crippen molar-refractivity contribution in [3.8, 4) is 0 Å². The molecule has 1 saturated carbocycles. The molecule has 1 aliphatic carbocycles. The van der Waals surface area contributed by atoms with Crippen LogP contribution < -0.4 is 5.32 Å². The third-order valence-corrected chi connectivity index (χ3v) is 5.90. The summed E-state index contributed by atoms with van der Waals surface area (Å²) in [5.74, 6) is 1.94. The fourth-order valence-electron chi connectivity index (χ4n) is 3.27. The van der Waals surface area contributed by atoms with E-state index in [1.807, 2.05) is 18.7 Å². The van der Waals surface area contributed by atoms with E-state index < -0.39 is 5.54 Å². The zero-order valence-electron chi connectivity index (χ0n) is 12.5. The lowest BCUT2D eigenvalue weighted by Gasteiger charge is -2.49. The number of thioether (sulfide) groups is 1. The SMILES string of the molecule is CCOC(=O)C1(NC2CCCC2)CSCCC1(C)C. The summed E-state index contributed by atoms with van der Waals surface area (Å²) in [5, 5.41) is 3.71. The lowest BCUT2D eigenvalue weighted by molar-refractivity contribution is -0.156. The largest absolute Gasteiger partial charge is 0.465 e. The molecule has 2 rings (SSSR count). The van der Waals surface area contributed by atoms with E-state index in [4.69, 9.17) is 4.74 Å². The zero-order valence-corrected chi connectivity index (χ0v) is 13.3. The van der Waals surface area contributed by atoms with Gasteiger partial charge in [0.15, 0.2) is 0 Å². The molecule has 2 fully saturated rings. The van der Waals surface area contributed by atoms with E-state index in [9.17, 15) is 4.79 Å². The van der Waals surface area contributed by atoms with Crippen LogP contribution in [0.5, 0.6) is 0 Å². The van der Waals surface area contributed by atoms with Gasteiger partial charge in [0.05, 0.1) is 6.61 Å². The van der Waals surface area contributed by atoms with Gasteiger partial charge in [-0.15, -0.1) is 0 Å². The second-order valence-corrected chi connectivity index (χ2v) is 7.54. The number of hydrogen-bond acceptors (Lipinski definition) is 4. The summed E-state index contributed by atoms with van der Waals surface area (Å²) in [4.78, 5) is 12.6. The molecule has 4 heteroatoms. The molecule has 1 N–H and O–H groups in total. The van der Waals surface area contributed by atoms with Crippen molar-refractivity contribution in [2.45, 2.75) is 64.5 Å². The minimum Gasteiger partial charge on any atom is -0.465 e. The Kier molecular flexibility index (Phi) is 4.83. The fraction of sp³-hybridized carbons (Fsp3) is 0.933.